The van der Waals surface area contributed by atoms with E-state index in [2.05, 4.69) is 32.2 Å². The van der Waals surface area contributed by atoms with Crippen LogP contribution in [0.3, 0.4) is 0 Å². The summed E-state index contributed by atoms with van der Waals surface area (Å²) in [5, 5.41) is 13.8. The van der Waals surface area contributed by atoms with Crippen LogP contribution >= 0.6 is 0 Å². The monoisotopic (exact) mass is 395 g/mol. The van der Waals surface area contributed by atoms with Crippen LogP contribution in [0, 0.1) is 29.1 Å². The van der Waals surface area contributed by atoms with Crippen molar-refractivity contribution < 1.29 is 9.84 Å². The number of aromatic hydroxyl groups is 1. The van der Waals surface area contributed by atoms with Gasteiger partial charge in [0.2, 0.25) is 0 Å². The third-order valence-electron chi connectivity index (χ3n) is 10.3. The van der Waals surface area contributed by atoms with Crippen LogP contribution in [0.2, 0.25) is 0 Å². The Balaban J connectivity index is 1.33. The van der Waals surface area contributed by atoms with E-state index in [1.54, 1.807) is 0 Å². The highest BCUT2D eigenvalue weighted by atomic mass is 16.5. The summed E-state index contributed by atoms with van der Waals surface area (Å²) >= 11 is 0. The fourth-order valence-corrected chi connectivity index (χ4v) is 8.93. The minimum Gasteiger partial charge on any atom is -0.508 e. The highest BCUT2D eigenvalue weighted by molar-refractivity contribution is 5.40. The maximum atomic E-state index is 9.94. The molecule has 0 radical (unpaired) electrons. The second kappa shape index (κ2) is 6.23. The fourth-order valence-electron chi connectivity index (χ4n) is 8.93. The van der Waals surface area contributed by atoms with E-state index in [1.807, 2.05) is 12.1 Å². The number of piperidine rings is 1. The van der Waals surface area contributed by atoms with Crippen LogP contribution in [0.25, 0.3) is 0 Å². The molecule has 3 nitrogen and oxygen atoms in total. The molecular formula is C26H37NO2. The molecule has 1 spiro atoms. The van der Waals surface area contributed by atoms with Gasteiger partial charge in [-0.2, -0.15) is 0 Å². The highest BCUT2D eigenvalue weighted by Gasteiger charge is 2.69. The van der Waals surface area contributed by atoms with Crippen LogP contribution in [-0.4, -0.2) is 29.4 Å². The summed E-state index contributed by atoms with van der Waals surface area (Å²) in [4.78, 5) is 0. The van der Waals surface area contributed by atoms with E-state index in [0.717, 1.165) is 30.7 Å². The maximum Gasteiger partial charge on any atom is 0.115 e. The van der Waals surface area contributed by atoms with Crippen molar-refractivity contribution in [2.75, 3.05) is 6.54 Å². The molecule has 5 aliphatic rings. The molecule has 4 fully saturated rings. The van der Waals surface area contributed by atoms with Gasteiger partial charge in [-0.1, -0.05) is 26.8 Å². The van der Waals surface area contributed by atoms with Crippen molar-refractivity contribution in [3.8, 4) is 5.75 Å². The lowest BCUT2D eigenvalue weighted by atomic mass is 9.52. The molecule has 29 heavy (non-hydrogen) atoms. The lowest BCUT2D eigenvalue weighted by molar-refractivity contribution is -0.153. The molecular weight excluding hydrogens is 358 g/mol. The van der Waals surface area contributed by atoms with Crippen molar-refractivity contribution in [3.05, 3.63) is 29.3 Å². The number of nitrogens with one attached hydrogen (secondary N) is 1. The van der Waals surface area contributed by atoms with Gasteiger partial charge in [-0.05, 0) is 98.4 Å². The molecule has 2 heterocycles. The highest BCUT2D eigenvalue weighted by Crippen LogP contribution is 2.69. The average molecular weight is 396 g/mol. The SMILES string of the molecule is C[C@@H]1CN[C@H]2[C@@H](C)C3(CC[C@H]4[C@@H]5CCc6cc(O)ccc6[C@H]5CC[C@@]43C)O[C@@H]2C1. The molecule has 0 aromatic heterocycles. The normalized spacial score (nSPS) is 50.7. The van der Waals surface area contributed by atoms with Gasteiger partial charge in [0.1, 0.15) is 5.75 Å². The van der Waals surface area contributed by atoms with Gasteiger partial charge in [0.25, 0.3) is 0 Å². The van der Waals surface area contributed by atoms with Gasteiger partial charge in [0, 0.05) is 17.4 Å². The summed E-state index contributed by atoms with van der Waals surface area (Å²) in [6, 6.07) is 6.71. The Bertz CT molecular complexity index is 823. The number of rotatable bonds is 0. The van der Waals surface area contributed by atoms with Gasteiger partial charge in [-0.3, -0.25) is 0 Å². The summed E-state index contributed by atoms with van der Waals surface area (Å²) < 4.78 is 7.14. The summed E-state index contributed by atoms with van der Waals surface area (Å²) in [7, 11) is 0. The van der Waals surface area contributed by atoms with E-state index in [9.17, 15) is 5.11 Å². The van der Waals surface area contributed by atoms with Crippen LogP contribution < -0.4 is 5.32 Å². The van der Waals surface area contributed by atoms with Crippen molar-refractivity contribution in [1.29, 1.82) is 0 Å². The molecule has 1 aromatic carbocycles. The Kier molecular flexibility index (Phi) is 4.02. The zero-order chi connectivity index (χ0) is 20.0. The van der Waals surface area contributed by atoms with Gasteiger partial charge in [0.05, 0.1) is 11.7 Å². The molecule has 9 atom stereocenters. The summed E-state index contributed by atoms with van der Waals surface area (Å²) in [5.74, 6) is 4.02. The van der Waals surface area contributed by atoms with Gasteiger partial charge in [0.15, 0.2) is 0 Å². The number of fused-ring (bicyclic) bond motifs is 7. The van der Waals surface area contributed by atoms with Crippen molar-refractivity contribution in [2.24, 2.45) is 29.1 Å². The first kappa shape index (κ1) is 18.7. The molecule has 3 aliphatic carbocycles. The third kappa shape index (κ3) is 2.38. The first-order valence-corrected chi connectivity index (χ1v) is 12.2. The summed E-state index contributed by atoms with van der Waals surface area (Å²) in [6.07, 6.45) is 9.23. The second-order valence-electron chi connectivity index (χ2n) is 11.4. The van der Waals surface area contributed by atoms with Crippen molar-refractivity contribution >= 4 is 0 Å². The first-order valence-electron chi connectivity index (χ1n) is 12.2. The number of phenols is 1. The van der Waals surface area contributed by atoms with Crippen LogP contribution in [0.1, 0.15) is 76.3 Å². The Hall–Kier alpha value is -1.06. The van der Waals surface area contributed by atoms with E-state index >= 15 is 0 Å². The number of aryl methyl sites for hydroxylation is 1. The second-order valence-corrected chi connectivity index (χ2v) is 11.4. The molecule has 2 aliphatic heterocycles. The summed E-state index contributed by atoms with van der Waals surface area (Å²) in [6.45, 7) is 8.61. The molecule has 3 heteroatoms. The van der Waals surface area contributed by atoms with Gasteiger partial charge in [-0.25, -0.2) is 0 Å². The van der Waals surface area contributed by atoms with E-state index in [4.69, 9.17) is 4.74 Å². The molecule has 158 valence electrons. The fraction of sp³-hybridized carbons (Fsp3) is 0.769. The molecule has 1 aromatic rings. The zero-order valence-electron chi connectivity index (χ0n) is 18.3. The lowest BCUT2D eigenvalue weighted by Crippen LogP contribution is -2.55. The number of phenolic OH excluding ortho intramolecular Hbond substituents is 1. The molecule has 2 saturated carbocycles. The molecule has 1 unspecified atom stereocenters. The van der Waals surface area contributed by atoms with Crippen LogP contribution in [-0.2, 0) is 11.2 Å². The van der Waals surface area contributed by atoms with E-state index < -0.39 is 0 Å². The quantitative estimate of drug-likeness (QED) is 0.648. The number of hydrogen-bond acceptors (Lipinski definition) is 3. The zero-order valence-corrected chi connectivity index (χ0v) is 18.3. The van der Waals surface area contributed by atoms with Crippen LogP contribution in [0.5, 0.6) is 5.75 Å². The first-order chi connectivity index (χ1) is 13.9. The van der Waals surface area contributed by atoms with E-state index in [1.165, 1.54) is 49.7 Å². The standard InChI is InChI=1S/C26H37NO2/c1-15-12-23-24(27-14-15)16(2)26(29-23)11-9-22-21-6-4-17-13-18(28)5-7-19(17)20(21)8-10-25(22,26)3/h5,7,13,15-16,20-24,27-28H,4,6,8-12,14H2,1-3H3/t15-,16+,20+,21+,22-,23+,24-,25-,26?/m0/s1. The van der Waals surface area contributed by atoms with Crippen molar-refractivity contribution in [3.63, 3.8) is 0 Å². The largest absolute Gasteiger partial charge is 0.508 e. The van der Waals surface area contributed by atoms with Crippen LogP contribution in [0.15, 0.2) is 18.2 Å². The molecule has 2 saturated heterocycles. The predicted molar refractivity (Wildman–Crippen MR) is 115 cm³/mol. The maximum absolute atomic E-state index is 9.94. The average Bonchev–Trinajstić information content (AvgIpc) is 3.16. The third-order valence-corrected chi connectivity index (χ3v) is 10.3. The Morgan fingerprint density at radius 3 is 2.86 bits per heavy atom. The number of hydrogen-bond donors (Lipinski definition) is 2. The van der Waals surface area contributed by atoms with E-state index in [-0.39, 0.29) is 5.60 Å². The molecule has 0 bridgehead atoms. The Morgan fingerprint density at radius 2 is 2.00 bits per heavy atom. The molecule has 0 amide bonds. The summed E-state index contributed by atoms with van der Waals surface area (Å²) in [5.41, 5.74) is 3.32. The smallest absolute Gasteiger partial charge is 0.115 e. The number of benzene rings is 1. The van der Waals surface area contributed by atoms with Crippen molar-refractivity contribution in [2.45, 2.75) is 89.4 Å². The van der Waals surface area contributed by atoms with Crippen LogP contribution in [0.4, 0.5) is 0 Å². The van der Waals surface area contributed by atoms with Gasteiger partial charge in [-0.15, -0.1) is 0 Å². The minimum atomic E-state index is 0.0737. The van der Waals surface area contributed by atoms with E-state index in [0.29, 0.717) is 35.1 Å². The number of ether oxygens (including phenoxy) is 1. The van der Waals surface area contributed by atoms with Crippen molar-refractivity contribution in [1.82, 2.24) is 5.32 Å². The Morgan fingerprint density at radius 1 is 1.14 bits per heavy atom. The predicted octanol–water partition coefficient (Wildman–Crippen LogP) is 5.02. The molecule has 6 rings (SSSR count). The van der Waals surface area contributed by atoms with Gasteiger partial charge < -0.3 is 15.2 Å². The minimum absolute atomic E-state index is 0.0737. The molecule has 2 N–H and O–H groups in total. The topological polar surface area (TPSA) is 41.5 Å². The lowest BCUT2D eigenvalue weighted by Gasteiger charge is -2.55. The Labute approximate surface area is 175 Å². The van der Waals surface area contributed by atoms with Gasteiger partial charge >= 0.3 is 0 Å².